The van der Waals surface area contributed by atoms with Gasteiger partial charge in [0, 0.05) is 19.0 Å². The smallest absolute Gasteiger partial charge is 0.261 e. The van der Waals surface area contributed by atoms with E-state index in [0.29, 0.717) is 25.3 Å². The van der Waals surface area contributed by atoms with Gasteiger partial charge in [-0.05, 0) is 79.1 Å². The van der Waals surface area contributed by atoms with Crippen LogP contribution in [-0.4, -0.2) is 29.4 Å². The largest absolute Gasteiger partial charge is 0.481 e. The lowest BCUT2D eigenvalue weighted by Gasteiger charge is -2.38. The topological polar surface area (TPSA) is 58.6 Å². The summed E-state index contributed by atoms with van der Waals surface area (Å²) in [5.74, 6) is 0.460. The molecule has 5 rings (SSSR count). The minimum Gasteiger partial charge on any atom is -0.481 e. The SMILES string of the molecule is CC[C@@H](Oc1ccc2c(c1)[C@H](c1ccc(C)cc1)N(C(=O)C1CC1)CC2)C(=O)NCc1ccc(F)cc1. The molecule has 2 atom stereocenters. The van der Waals surface area contributed by atoms with Crippen molar-refractivity contribution in [2.45, 2.75) is 58.2 Å². The average Bonchev–Trinajstić information content (AvgIpc) is 3.76. The zero-order valence-corrected chi connectivity index (χ0v) is 21.4. The van der Waals surface area contributed by atoms with Gasteiger partial charge in [-0.2, -0.15) is 0 Å². The number of fused-ring (bicyclic) bond motifs is 1. The molecule has 0 spiro atoms. The van der Waals surface area contributed by atoms with Crippen molar-refractivity contribution in [2.24, 2.45) is 5.92 Å². The molecule has 0 radical (unpaired) electrons. The first-order valence-corrected chi connectivity index (χ1v) is 13.1. The predicted octanol–water partition coefficient (Wildman–Crippen LogP) is 5.49. The number of aryl methyl sites for hydroxylation is 1. The van der Waals surface area contributed by atoms with Gasteiger partial charge in [0.25, 0.3) is 5.91 Å². The number of carbonyl (C=O) groups excluding carboxylic acids is 2. The lowest BCUT2D eigenvalue weighted by atomic mass is 9.87. The van der Waals surface area contributed by atoms with Gasteiger partial charge < -0.3 is 15.0 Å². The molecule has 1 aliphatic carbocycles. The number of rotatable bonds is 8. The third kappa shape index (κ3) is 5.68. The van der Waals surface area contributed by atoms with E-state index >= 15 is 0 Å². The molecule has 192 valence electrons. The second kappa shape index (κ2) is 10.8. The van der Waals surface area contributed by atoms with Gasteiger partial charge in [-0.25, -0.2) is 4.39 Å². The number of benzene rings is 3. The lowest BCUT2D eigenvalue weighted by molar-refractivity contribution is -0.134. The molecule has 2 aliphatic rings. The maximum atomic E-state index is 13.2. The second-order valence-electron chi connectivity index (χ2n) is 10.1. The van der Waals surface area contributed by atoms with Crippen LogP contribution in [0.1, 0.15) is 60.0 Å². The summed E-state index contributed by atoms with van der Waals surface area (Å²) < 4.78 is 19.3. The normalized spacial score (nSPS) is 17.6. The highest BCUT2D eigenvalue weighted by atomic mass is 19.1. The van der Waals surface area contributed by atoms with Crippen LogP contribution in [0.25, 0.3) is 0 Å². The van der Waals surface area contributed by atoms with Gasteiger partial charge in [0.1, 0.15) is 11.6 Å². The Balaban J connectivity index is 1.37. The molecule has 37 heavy (non-hydrogen) atoms. The van der Waals surface area contributed by atoms with Crippen LogP contribution >= 0.6 is 0 Å². The van der Waals surface area contributed by atoms with Crippen LogP contribution in [0.15, 0.2) is 66.7 Å². The summed E-state index contributed by atoms with van der Waals surface area (Å²) in [5, 5.41) is 2.89. The van der Waals surface area contributed by atoms with E-state index in [1.165, 1.54) is 23.3 Å². The number of amides is 2. The molecule has 0 unspecified atom stereocenters. The summed E-state index contributed by atoms with van der Waals surface area (Å²) in [6.45, 7) is 4.97. The number of halogens is 1. The Hall–Kier alpha value is -3.67. The summed E-state index contributed by atoms with van der Waals surface area (Å²) in [7, 11) is 0. The molecule has 6 heteroatoms. The number of carbonyl (C=O) groups is 2. The Morgan fingerprint density at radius 3 is 2.46 bits per heavy atom. The first-order valence-electron chi connectivity index (χ1n) is 13.1. The van der Waals surface area contributed by atoms with Crippen LogP contribution in [0.2, 0.25) is 0 Å². The van der Waals surface area contributed by atoms with E-state index in [4.69, 9.17) is 4.74 Å². The minimum atomic E-state index is -0.663. The van der Waals surface area contributed by atoms with Gasteiger partial charge >= 0.3 is 0 Å². The fourth-order valence-corrected chi connectivity index (χ4v) is 4.97. The molecule has 0 bridgehead atoms. The van der Waals surface area contributed by atoms with E-state index < -0.39 is 6.10 Å². The monoisotopic (exact) mass is 500 g/mol. The molecular formula is C31H33FN2O3. The Kier molecular flexibility index (Phi) is 7.26. The fraction of sp³-hybridized carbons (Fsp3) is 0.355. The van der Waals surface area contributed by atoms with E-state index in [-0.39, 0.29) is 29.6 Å². The fourth-order valence-electron chi connectivity index (χ4n) is 4.97. The van der Waals surface area contributed by atoms with Crippen LogP contribution in [0.4, 0.5) is 4.39 Å². The summed E-state index contributed by atoms with van der Waals surface area (Å²) in [6.07, 6.45) is 2.57. The number of hydrogen-bond acceptors (Lipinski definition) is 3. The van der Waals surface area contributed by atoms with Crippen LogP contribution in [0, 0.1) is 18.7 Å². The van der Waals surface area contributed by atoms with Gasteiger partial charge in [0.2, 0.25) is 5.91 Å². The third-order valence-electron chi connectivity index (χ3n) is 7.27. The summed E-state index contributed by atoms with van der Waals surface area (Å²) in [4.78, 5) is 28.2. The minimum absolute atomic E-state index is 0.142. The highest BCUT2D eigenvalue weighted by molar-refractivity contribution is 5.82. The van der Waals surface area contributed by atoms with Crippen LogP contribution in [0.3, 0.4) is 0 Å². The van der Waals surface area contributed by atoms with Crippen molar-refractivity contribution in [3.8, 4) is 5.75 Å². The first kappa shape index (κ1) is 25.0. The Bertz CT molecular complexity index is 1270. The molecule has 3 aromatic carbocycles. The number of hydrogen-bond donors (Lipinski definition) is 1. The molecule has 5 nitrogen and oxygen atoms in total. The number of nitrogens with zero attached hydrogens (tertiary/aromatic N) is 1. The molecule has 1 fully saturated rings. The van der Waals surface area contributed by atoms with Crippen molar-refractivity contribution in [2.75, 3.05) is 6.54 Å². The van der Waals surface area contributed by atoms with E-state index in [1.807, 2.05) is 24.0 Å². The van der Waals surface area contributed by atoms with Crippen molar-refractivity contribution in [3.05, 3.63) is 100 Å². The lowest BCUT2D eigenvalue weighted by Crippen LogP contribution is -2.41. The molecule has 1 heterocycles. The van der Waals surface area contributed by atoms with E-state index in [2.05, 4.69) is 42.6 Å². The summed E-state index contributed by atoms with van der Waals surface area (Å²) >= 11 is 0. The molecule has 3 aromatic rings. The Morgan fingerprint density at radius 2 is 1.78 bits per heavy atom. The molecule has 1 aliphatic heterocycles. The Labute approximate surface area is 217 Å². The van der Waals surface area contributed by atoms with Crippen molar-refractivity contribution >= 4 is 11.8 Å². The van der Waals surface area contributed by atoms with E-state index in [9.17, 15) is 14.0 Å². The maximum absolute atomic E-state index is 13.2. The van der Waals surface area contributed by atoms with Crippen LogP contribution in [0.5, 0.6) is 5.75 Å². The molecule has 1 saturated carbocycles. The Morgan fingerprint density at radius 1 is 1.05 bits per heavy atom. The average molecular weight is 501 g/mol. The zero-order chi connectivity index (χ0) is 25.9. The number of nitrogens with one attached hydrogen (secondary N) is 1. The molecule has 0 saturated heterocycles. The maximum Gasteiger partial charge on any atom is 0.261 e. The number of ether oxygens (including phenoxy) is 1. The van der Waals surface area contributed by atoms with Gasteiger partial charge in [0.05, 0.1) is 6.04 Å². The van der Waals surface area contributed by atoms with Crippen molar-refractivity contribution in [3.63, 3.8) is 0 Å². The standard InChI is InChI=1S/C31H33FN2O3/c1-3-28(30(35)33-19-21-6-13-25(32)14-7-21)37-26-15-12-22-16-17-34(31(36)24-10-11-24)29(27(22)18-26)23-8-4-20(2)5-9-23/h4-9,12-15,18,24,28-29H,3,10-11,16-17,19H2,1-2H3,(H,33,35)/t28-,29+/m1/s1. The molecular weight excluding hydrogens is 467 g/mol. The van der Waals surface area contributed by atoms with Gasteiger partial charge in [-0.3, -0.25) is 9.59 Å². The van der Waals surface area contributed by atoms with Gasteiger partial charge in [0.15, 0.2) is 6.10 Å². The molecule has 0 aromatic heterocycles. The van der Waals surface area contributed by atoms with E-state index in [0.717, 1.165) is 36.0 Å². The highest BCUT2D eigenvalue weighted by Crippen LogP contribution is 2.41. The van der Waals surface area contributed by atoms with Gasteiger partial charge in [-0.15, -0.1) is 0 Å². The second-order valence-corrected chi connectivity index (χ2v) is 10.1. The van der Waals surface area contributed by atoms with E-state index in [1.54, 1.807) is 12.1 Å². The predicted molar refractivity (Wildman–Crippen MR) is 141 cm³/mol. The quantitative estimate of drug-likeness (QED) is 0.445. The van der Waals surface area contributed by atoms with Crippen LogP contribution < -0.4 is 10.1 Å². The molecule has 1 N–H and O–H groups in total. The summed E-state index contributed by atoms with van der Waals surface area (Å²) in [6, 6.07) is 20.3. The highest BCUT2D eigenvalue weighted by Gasteiger charge is 2.39. The van der Waals surface area contributed by atoms with Crippen LogP contribution in [-0.2, 0) is 22.6 Å². The summed E-state index contributed by atoms with van der Waals surface area (Å²) in [5.41, 5.74) is 5.34. The van der Waals surface area contributed by atoms with Gasteiger partial charge in [-0.1, -0.05) is 55.0 Å². The van der Waals surface area contributed by atoms with Crippen molar-refractivity contribution < 1.29 is 18.7 Å². The molecule has 2 amide bonds. The van der Waals surface area contributed by atoms with Crippen molar-refractivity contribution in [1.82, 2.24) is 10.2 Å². The zero-order valence-electron chi connectivity index (χ0n) is 21.4. The first-order chi connectivity index (χ1) is 17.9. The van der Waals surface area contributed by atoms with Crippen molar-refractivity contribution in [1.29, 1.82) is 0 Å². The third-order valence-corrected chi connectivity index (χ3v) is 7.27.